The van der Waals surface area contributed by atoms with Crippen LogP contribution in [0.15, 0.2) is 4.79 Å². The van der Waals surface area contributed by atoms with Crippen LogP contribution in [-0.2, 0) is 19.5 Å². The molecular formula is C13H14Cl2N6O. The maximum absolute atomic E-state index is 12.0. The number of nitrogens with one attached hydrogen (secondary N) is 1. The normalized spacial score (nSPS) is 14.9. The number of fused-ring (bicyclic) bond motifs is 1. The molecule has 1 aliphatic rings. The third-order valence-corrected chi connectivity index (χ3v) is 4.20. The van der Waals surface area contributed by atoms with Crippen molar-refractivity contribution < 1.29 is 0 Å². The fourth-order valence-electron chi connectivity index (χ4n) is 2.54. The lowest BCUT2D eigenvalue weighted by atomic mass is 10.1. The Morgan fingerprint density at radius 1 is 1.27 bits per heavy atom. The molecule has 0 amide bonds. The van der Waals surface area contributed by atoms with Gasteiger partial charge in [0.2, 0.25) is 5.95 Å². The summed E-state index contributed by atoms with van der Waals surface area (Å²) in [7, 11) is 0. The molecule has 0 spiro atoms. The highest BCUT2D eigenvalue weighted by Gasteiger charge is 2.22. The summed E-state index contributed by atoms with van der Waals surface area (Å²) >= 11 is 12.2. The van der Waals surface area contributed by atoms with Crippen molar-refractivity contribution in [3.05, 3.63) is 43.3 Å². The first kappa shape index (κ1) is 15.2. The molecule has 1 aliphatic heterocycles. The van der Waals surface area contributed by atoms with Crippen molar-refractivity contribution in [2.45, 2.75) is 26.4 Å². The van der Waals surface area contributed by atoms with Gasteiger partial charge in [-0.15, -0.1) is 0 Å². The quantitative estimate of drug-likeness (QED) is 0.799. The molecule has 3 heterocycles. The van der Waals surface area contributed by atoms with Crippen LogP contribution >= 0.6 is 23.2 Å². The Hall–Kier alpha value is -1.70. The Balaban J connectivity index is 1.86. The Kier molecular flexibility index (Phi) is 4.03. The molecular weight excluding hydrogens is 327 g/mol. The molecule has 2 aromatic heterocycles. The fraction of sp³-hybridized carbons (Fsp3) is 0.385. The van der Waals surface area contributed by atoms with Gasteiger partial charge in [-0.2, -0.15) is 0 Å². The first-order valence-corrected chi connectivity index (χ1v) is 7.48. The molecule has 0 unspecified atom stereocenters. The van der Waals surface area contributed by atoms with Crippen LogP contribution < -0.4 is 11.3 Å². The average Bonchev–Trinajstić information content (AvgIpc) is 2.43. The predicted octanol–water partition coefficient (Wildman–Crippen LogP) is 1.32. The van der Waals surface area contributed by atoms with E-state index < -0.39 is 0 Å². The van der Waals surface area contributed by atoms with E-state index >= 15 is 0 Å². The van der Waals surface area contributed by atoms with Gasteiger partial charge in [0.05, 0.1) is 11.3 Å². The summed E-state index contributed by atoms with van der Waals surface area (Å²) in [5.41, 5.74) is 7.54. The topological polar surface area (TPSA) is 101 Å². The summed E-state index contributed by atoms with van der Waals surface area (Å²) < 4.78 is 0. The SMILES string of the molecule is Cc1nc2c(c(=O)[nH]1)CN(Cc1c(Cl)nc(N)nc1Cl)CC2. The number of H-pyrrole nitrogens is 1. The lowest BCUT2D eigenvalue weighted by molar-refractivity contribution is 0.241. The summed E-state index contributed by atoms with van der Waals surface area (Å²) in [5.74, 6) is 0.675. The molecule has 0 bridgehead atoms. The number of nitrogen functional groups attached to an aromatic ring is 1. The highest BCUT2D eigenvalue weighted by Crippen LogP contribution is 2.25. The third kappa shape index (κ3) is 2.92. The molecule has 0 radical (unpaired) electrons. The van der Waals surface area contributed by atoms with Gasteiger partial charge in [0, 0.05) is 31.6 Å². The van der Waals surface area contributed by atoms with Gasteiger partial charge in [-0.05, 0) is 6.92 Å². The van der Waals surface area contributed by atoms with Gasteiger partial charge in [0.15, 0.2) is 0 Å². The van der Waals surface area contributed by atoms with Crippen molar-refractivity contribution in [2.24, 2.45) is 0 Å². The highest BCUT2D eigenvalue weighted by atomic mass is 35.5. The monoisotopic (exact) mass is 340 g/mol. The van der Waals surface area contributed by atoms with Crippen molar-refractivity contribution in [1.29, 1.82) is 0 Å². The van der Waals surface area contributed by atoms with E-state index in [1.165, 1.54) is 0 Å². The van der Waals surface area contributed by atoms with E-state index in [9.17, 15) is 4.79 Å². The fourth-order valence-corrected chi connectivity index (χ4v) is 3.06. The number of anilines is 1. The van der Waals surface area contributed by atoms with Crippen LogP contribution in [-0.4, -0.2) is 31.4 Å². The Morgan fingerprint density at radius 3 is 2.64 bits per heavy atom. The summed E-state index contributed by atoms with van der Waals surface area (Å²) in [6, 6.07) is 0. The molecule has 0 aliphatic carbocycles. The maximum Gasteiger partial charge on any atom is 0.255 e. The molecule has 3 N–H and O–H groups in total. The lowest BCUT2D eigenvalue weighted by Crippen LogP contribution is -2.35. The van der Waals surface area contributed by atoms with Crippen LogP contribution in [0.5, 0.6) is 0 Å². The van der Waals surface area contributed by atoms with Crippen LogP contribution in [0, 0.1) is 6.92 Å². The van der Waals surface area contributed by atoms with Crippen molar-refractivity contribution in [2.75, 3.05) is 12.3 Å². The van der Waals surface area contributed by atoms with Gasteiger partial charge in [-0.1, -0.05) is 23.2 Å². The van der Waals surface area contributed by atoms with Crippen molar-refractivity contribution >= 4 is 29.2 Å². The van der Waals surface area contributed by atoms with Crippen LogP contribution in [0.4, 0.5) is 5.95 Å². The summed E-state index contributed by atoms with van der Waals surface area (Å²) in [4.78, 5) is 29.0. The number of aryl methyl sites for hydroxylation is 1. The molecule has 2 aromatic rings. The van der Waals surface area contributed by atoms with E-state index in [0.717, 1.165) is 12.2 Å². The van der Waals surface area contributed by atoms with Crippen LogP contribution in [0.1, 0.15) is 22.6 Å². The zero-order valence-corrected chi connectivity index (χ0v) is 13.4. The molecule has 22 heavy (non-hydrogen) atoms. The first-order valence-electron chi connectivity index (χ1n) is 6.72. The Labute approximate surface area is 136 Å². The summed E-state index contributed by atoms with van der Waals surface area (Å²) in [5, 5.41) is 0.471. The maximum atomic E-state index is 12.0. The summed E-state index contributed by atoms with van der Waals surface area (Å²) in [6.07, 6.45) is 0.700. The van der Waals surface area contributed by atoms with Crippen LogP contribution in [0.25, 0.3) is 0 Å². The van der Waals surface area contributed by atoms with Crippen molar-refractivity contribution in [3.8, 4) is 0 Å². The number of halogens is 2. The van der Waals surface area contributed by atoms with E-state index in [4.69, 9.17) is 28.9 Å². The molecule has 0 fully saturated rings. The third-order valence-electron chi connectivity index (χ3n) is 3.57. The zero-order valence-electron chi connectivity index (χ0n) is 11.9. The second-order valence-electron chi connectivity index (χ2n) is 5.18. The zero-order chi connectivity index (χ0) is 15.9. The Morgan fingerprint density at radius 2 is 1.95 bits per heavy atom. The van der Waals surface area contributed by atoms with E-state index in [-0.39, 0.29) is 21.8 Å². The smallest absolute Gasteiger partial charge is 0.255 e. The van der Waals surface area contributed by atoms with Gasteiger partial charge >= 0.3 is 0 Å². The van der Waals surface area contributed by atoms with Crippen LogP contribution in [0.3, 0.4) is 0 Å². The molecule has 3 rings (SSSR count). The molecule has 0 saturated heterocycles. The van der Waals surface area contributed by atoms with E-state index in [2.05, 4.69) is 24.8 Å². The minimum Gasteiger partial charge on any atom is -0.368 e. The number of rotatable bonds is 2. The second-order valence-corrected chi connectivity index (χ2v) is 5.90. The van der Waals surface area contributed by atoms with Gasteiger partial charge in [-0.25, -0.2) is 15.0 Å². The number of nitrogens with zero attached hydrogens (tertiary/aromatic N) is 4. The molecule has 0 saturated carbocycles. The molecule has 7 nitrogen and oxygen atoms in total. The number of aromatic nitrogens is 4. The van der Waals surface area contributed by atoms with Gasteiger partial charge in [0.1, 0.15) is 16.1 Å². The second kappa shape index (κ2) is 5.83. The van der Waals surface area contributed by atoms with Crippen molar-refractivity contribution in [1.82, 2.24) is 24.8 Å². The minimum atomic E-state index is -0.0991. The molecule has 0 atom stereocenters. The minimum absolute atomic E-state index is 0.0406. The van der Waals surface area contributed by atoms with Gasteiger partial charge in [-0.3, -0.25) is 9.69 Å². The van der Waals surface area contributed by atoms with Gasteiger partial charge in [0.25, 0.3) is 5.56 Å². The van der Waals surface area contributed by atoms with E-state index in [1.807, 2.05) is 0 Å². The molecule has 0 aromatic carbocycles. The van der Waals surface area contributed by atoms with Gasteiger partial charge < -0.3 is 10.7 Å². The molecule has 9 heteroatoms. The summed E-state index contributed by atoms with van der Waals surface area (Å²) in [6.45, 7) is 3.46. The highest BCUT2D eigenvalue weighted by molar-refractivity contribution is 6.34. The predicted molar refractivity (Wildman–Crippen MR) is 83.9 cm³/mol. The van der Waals surface area contributed by atoms with E-state index in [1.54, 1.807) is 6.92 Å². The average molecular weight is 341 g/mol. The number of hydrogen-bond acceptors (Lipinski definition) is 6. The standard InChI is InChI=1S/C13H14Cl2N6O/c1-6-17-9-2-3-21(4-7(9)12(22)18-6)5-8-10(14)19-13(16)20-11(8)15/h2-5H2,1H3,(H2,16,19,20)(H,17,18,22). The van der Waals surface area contributed by atoms with E-state index in [0.29, 0.717) is 36.5 Å². The lowest BCUT2D eigenvalue weighted by Gasteiger charge is -2.27. The largest absolute Gasteiger partial charge is 0.368 e. The van der Waals surface area contributed by atoms with Crippen molar-refractivity contribution in [3.63, 3.8) is 0 Å². The number of nitrogens with two attached hydrogens (primary N) is 1. The Bertz CT molecular complexity index is 768. The first-order chi connectivity index (χ1) is 10.4. The van der Waals surface area contributed by atoms with Crippen LogP contribution in [0.2, 0.25) is 10.3 Å². The number of hydrogen-bond donors (Lipinski definition) is 2. The molecule has 116 valence electrons. The number of aromatic amines is 1.